The Balaban J connectivity index is 1.45. The van der Waals surface area contributed by atoms with Gasteiger partial charge in [-0.1, -0.05) is 23.4 Å². The molecule has 3 aromatic rings. The Morgan fingerprint density at radius 1 is 1.19 bits per heavy atom. The van der Waals surface area contributed by atoms with Gasteiger partial charge in [-0.2, -0.15) is 4.98 Å². The topological polar surface area (TPSA) is 91.5 Å². The highest BCUT2D eigenvalue weighted by Crippen LogP contribution is 2.21. The number of aryl methyl sites for hydroxylation is 1. The molecule has 0 saturated heterocycles. The van der Waals surface area contributed by atoms with Crippen molar-refractivity contribution < 1.29 is 23.6 Å². The normalized spacial score (nSPS) is 10.5. The molecule has 0 aliphatic heterocycles. The molecule has 0 bridgehead atoms. The third-order valence-corrected chi connectivity index (χ3v) is 4.39. The summed E-state index contributed by atoms with van der Waals surface area (Å²) >= 11 is 1.52. The van der Waals surface area contributed by atoms with Crippen molar-refractivity contribution in [3.8, 4) is 10.7 Å². The summed E-state index contributed by atoms with van der Waals surface area (Å²) < 4.78 is 15.0. The number of methoxy groups -OCH3 is 1. The summed E-state index contributed by atoms with van der Waals surface area (Å²) in [6.07, 6.45) is 0.463. The molecule has 0 spiro atoms. The zero-order chi connectivity index (χ0) is 18.4. The van der Waals surface area contributed by atoms with Gasteiger partial charge in [0.25, 0.3) is 0 Å². The lowest BCUT2D eigenvalue weighted by Crippen LogP contribution is -2.06. The zero-order valence-electron chi connectivity index (χ0n) is 14.0. The summed E-state index contributed by atoms with van der Waals surface area (Å²) in [6, 6.07) is 10.5. The predicted molar refractivity (Wildman–Crippen MR) is 93.5 cm³/mol. The molecule has 0 aliphatic rings. The van der Waals surface area contributed by atoms with Gasteiger partial charge >= 0.3 is 11.9 Å². The van der Waals surface area contributed by atoms with E-state index in [0.717, 1.165) is 10.4 Å². The van der Waals surface area contributed by atoms with Crippen LogP contribution >= 0.6 is 11.3 Å². The lowest BCUT2D eigenvalue weighted by Gasteiger charge is -2.05. The molecular formula is C18H16N2O5S. The summed E-state index contributed by atoms with van der Waals surface area (Å²) in [5.74, 6) is 0.148. The molecule has 2 heterocycles. The number of hydrogen-bond donors (Lipinski definition) is 0. The highest BCUT2D eigenvalue weighted by molar-refractivity contribution is 7.13. The van der Waals surface area contributed by atoms with Gasteiger partial charge < -0.3 is 14.0 Å². The Hall–Kier alpha value is -3.00. The van der Waals surface area contributed by atoms with Crippen molar-refractivity contribution in [3.63, 3.8) is 0 Å². The van der Waals surface area contributed by atoms with Gasteiger partial charge in [-0.3, -0.25) is 4.79 Å². The van der Waals surface area contributed by atoms with E-state index < -0.39 is 5.97 Å². The molecule has 7 nitrogen and oxygen atoms in total. The van der Waals surface area contributed by atoms with Crippen molar-refractivity contribution in [2.24, 2.45) is 0 Å². The SMILES string of the molecule is COC(=O)c1ccc(COC(=O)CCc2nc(-c3cccs3)no2)cc1. The zero-order valence-corrected chi connectivity index (χ0v) is 14.8. The second-order valence-corrected chi connectivity index (χ2v) is 6.29. The first-order chi connectivity index (χ1) is 12.7. The van der Waals surface area contributed by atoms with E-state index in [-0.39, 0.29) is 19.0 Å². The van der Waals surface area contributed by atoms with Crippen LogP contribution in [0.3, 0.4) is 0 Å². The second-order valence-electron chi connectivity index (χ2n) is 5.34. The first kappa shape index (κ1) is 17.8. The van der Waals surface area contributed by atoms with E-state index in [2.05, 4.69) is 14.9 Å². The molecule has 3 rings (SSSR count). The number of esters is 2. The molecular weight excluding hydrogens is 356 g/mol. The molecule has 2 aromatic heterocycles. The van der Waals surface area contributed by atoms with Gasteiger partial charge in [-0.25, -0.2) is 4.79 Å². The van der Waals surface area contributed by atoms with Crippen molar-refractivity contribution in [1.29, 1.82) is 0 Å². The van der Waals surface area contributed by atoms with E-state index in [0.29, 0.717) is 23.7 Å². The summed E-state index contributed by atoms with van der Waals surface area (Å²) in [5, 5.41) is 5.83. The number of thiophene rings is 1. The molecule has 0 N–H and O–H groups in total. The Labute approximate surface area is 153 Å². The lowest BCUT2D eigenvalue weighted by molar-refractivity contribution is -0.145. The van der Waals surface area contributed by atoms with Gasteiger partial charge in [0, 0.05) is 6.42 Å². The average molecular weight is 372 g/mol. The highest BCUT2D eigenvalue weighted by Gasteiger charge is 2.12. The van der Waals surface area contributed by atoms with Crippen LogP contribution in [0.25, 0.3) is 10.7 Å². The number of nitrogens with zero attached hydrogens (tertiary/aromatic N) is 2. The van der Waals surface area contributed by atoms with Crippen LogP contribution in [-0.4, -0.2) is 29.2 Å². The number of carbonyl (C=O) groups excluding carboxylic acids is 2. The Morgan fingerprint density at radius 2 is 2.00 bits per heavy atom. The van der Waals surface area contributed by atoms with Gasteiger partial charge in [-0.15, -0.1) is 11.3 Å². The third-order valence-electron chi connectivity index (χ3n) is 3.53. The van der Waals surface area contributed by atoms with Gasteiger partial charge in [0.15, 0.2) is 0 Å². The number of carbonyl (C=O) groups is 2. The minimum atomic E-state index is -0.407. The number of benzene rings is 1. The second kappa shape index (κ2) is 8.39. The molecule has 134 valence electrons. The fraction of sp³-hybridized carbons (Fsp3) is 0.222. The molecule has 0 atom stereocenters. The first-order valence-corrected chi connectivity index (χ1v) is 8.73. The molecule has 8 heteroatoms. The van der Waals surface area contributed by atoms with Gasteiger partial charge in [0.05, 0.1) is 24.0 Å². The average Bonchev–Trinajstić information content (AvgIpc) is 3.36. The molecule has 0 amide bonds. The van der Waals surface area contributed by atoms with Crippen molar-refractivity contribution >= 4 is 23.3 Å². The molecule has 1 aromatic carbocycles. The van der Waals surface area contributed by atoms with Gasteiger partial charge in [0.1, 0.15) is 6.61 Å². The minimum absolute atomic E-state index is 0.130. The largest absolute Gasteiger partial charge is 0.465 e. The monoisotopic (exact) mass is 372 g/mol. The van der Waals surface area contributed by atoms with Gasteiger partial charge in [0.2, 0.25) is 11.7 Å². The molecule has 0 fully saturated rings. The van der Waals surface area contributed by atoms with Crippen LogP contribution in [-0.2, 0) is 27.3 Å². The van der Waals surface area contributed by atoms with Crippen LogP contribution in [0.2, 0.25) is 0 Å². The highest BCUT2D eigenvalue weighted by atomic mass is 32.1. The minimum Gasteiger partial charge on any atom is -0.465 e. The molecule has 0 aliphatic carbocycles. The predicted octanol–water partition coefficient (Wildman–Crippen LogP) is 3.26. The van der Waals surface area contributed by atoms with E-state index in [4.69, 9.17) is 9.26 Å². The van der Waals surface area contributed by atoms with Crippen LogP contribution in [0.1, 0.15) is 28.2 Å². The first-order valence-electron chi connectivity index (χ1n) is 7.85. The van der Waals surface area contributed by atoms with Crippen molar-refractivity contribution in [1.82, 2.24) is 10.1 Å². The number of rotatable bonds is 7. The molecule has 0 unspecified atom stereocenters. The van der Waals surface area contributed by atoms with Crippen LogP contribution in [0.5, 0.6) is 0 Å². The Bertz CT molecular complexity index is 871. The number of aromatic nitrogens is 2. The molecule has 0 radical (unpaired) electrons. The van der Waals surface area contributed by atoms with E-state index in [1.165, 1.54) is 18.4 Å². The van der Waals surface area contributed by atoms with Crippen LogP contribution in [0.15, 0.2) is 46.3 Å². The maximum Gasteiger partial charge on any atom is 0.337 e. The fourth-order valence-corrected chi connectivity index (χ4v) is 2.81. The smallest absolute Gasteiger partial charge is 0.337 e. The van der Waals surface area contributed by atoms with E-state index >= 15 is 0 Å². The third kappa shape index (κ3) is 4.54. The molecule has 26 heavy (non-hydrogen) atoms. The quantitative estimate of drug-likeness (QED) is 0.588. The standard InChI is InChI=1S/C18H16N2O5S/c1-23-18(22)13-6-4-12(5-7-13)11-24-16(21)9-8-15-19-17(20-25-15)14-3-2-10-26-14/h2-7,10H,8-9,11H2,1H3. The van der Waals surface area contributed by atoms with Crippen molar-refractivity contribution in [2.45, 2.75) is 19.4 Å². The summed E-state index contributed by atoms with van der Waals surface area (Å²) in [6.45, 7) is 0.130. The van der Waals surface area contributed by atoms with Crippen LogP contribution in [0, 0.1) is 0 Å². The van der Waals surface area contributed by atoms with Crippen LogP contribution < -0.4 is 0 Å². The maximum atomic E-state index is 11.9. The fourth-order valence-electron chi connectivity index (χ4n) is 2.16. The maximum absolute atomic E-state index is 11.9. The Kier molecular flexibility index (Phi) is 5.75. The summed E-state index contributed by atoms with van der Waals surface area (Å²) in [5.41, 5.74) is 1.23. The molecule has 0 saturated carbocycles. The van der Waals surface area contributed by atoms with Gasteiger partial charge in [-0.05, 0) is 29.1 Å². The van der Waals surface area contributed by atoms with Crippen molar-refractivity contribution in [2.75, 3.05) is 7.11 Å². The number of hydrogen-bond acceptors (Lipinski definition) is 8. The van der Waals surface area contributed by atoms with Crippen LogP contribution in [0.4, 0.5) is 0 Å². The van der Waals surface area contributed by atoms with Crippen molar-refractivity contribution in [3.05, 3.63) is 58.8 Å². The summed E-state index contributed by atoms with van der Waals surface area (Å²) in [4.78, 5) is 28.4. The number of ether oxygens (including phenoxy) is 2. The van der Waals surface area contributed by atoms with E-state index in [9.17, 15) is 9.59 Å². The van der Waals surface area contributed by atoms with E-state index in [1.807, 2.05) is 17.5 Å². The Morgan fingerprint density at radius 3 is 2.69 bits per heavy atom. The summed E-state index contributed by atoms with van der Waals surface area (Å²) in [7, 11) is 1.32. The van der Waals surface area contributed by atoms with E-state index in [1.54, 1.807) is 24.3 Å². The lowest BCUT2D eigenvalue weighted by atomic mass is 10.1.